The van der Waals surface area contributed by atoms with Crippen molar-refractivity contribution < 1.29 is 14.3 Å². The van der Waals surface area contributed by atoms with E-state index < -0.39 is 0 Å². The number of nitrogens with zero attached hydrogens (tertiary/aromatic N) is 1. The highest BCUT2D eigenvalue weighted by atomic mass is 32.1. The van der Waals surface area contributed by atoms with Gasteiger partial charge in [-0.05, 0) is 38.5 Å². The third kappa shape index (κ3) is 4.85. The summed E-state index contributed by atoms with van der Waals surface area (Å²) < 4.78 is 11.2. The first-order valence-electron chi connectivity index (χ1n) is 7.50. The SMILES string of the molecule is CCOc1ccc([C@@H](C)NC(=O)Nc2nccs2)cc1OCC. The molecule has 0 saturated heterocycles. The Hall–Kier alpha value is -2.28. The van der Waals surface area contributed by atoms with E-state index in [2.05, 4.69) is 15.6 Å². The average Bonchev–Trinajstić information content (AvgIpc) is 3.02. The Kier molecular flexibility index (Phi) is 6.22. The Morgan fingerprint density at radius 2 is 2.00 bits per heavy atom. The molecule has 0 saturated carbocycles. The van der Waals surface area contributed by atoms with Crippen LogP contribution in [0.2, 0.25) is 0 Å². The molecule has 0 unspecified atom stereocenters. The third-order valence-electron chi connectivity index (χ3n) is 3.07. The number of anilines is 1. The summed E-state index contributed by atoms with van der Waals surface area (Å²) in [5.41, 5.74) is 0.936. The molecule has 1 aromatic heterocycles. The second kappa shape index (κ2) is 8.38. The van der Waals surface area contributed by atoms with Crippen LogP contribution in [0.25, 0.3) is 0 Å². The molecule has 0 bridgehead atoms. The summed E-state index contributed by atoms with van der Waals surface area (Å²) in [6.07, 6.45) is 1.64. The molecule has 0 fully saturated rings. The largest absolute Gasteiger partial charge is 0.490 e. The van der Waals surface area contributed by atoms with Crippen molar-refractivity contribution in [1.82, 2.24) is 10.3 Å². The molecule has 7 heteroatoms. The lowest BCUT2D eigenvalue weighted by atomic mass is 10.1. The molecule has 0 radical (unpaired) electrons. The fourth-order valence-electron chi connectivity index (χ4n) is 2.04. The molecule has 23 heavy (non-hydrogen) atoms. The highest BCUT2D eigenvalue weighted by Gasteiger charge is 2.13. The number of carbonyl (C=O) groups is 1. The third-order valence-corrected chi connectivity index (χ3v) is 3.76. The molecule has 124 valence electrons. The minimum Gasteiger partial charge on any atom is -0.490 e. The lowest BCUT2D eigenvalue weighted by Crippen LogP contribution is -2.31. The Balaban J connectivity index is 2.04. The predicted octanol–water partition coefficient (Wildman–Crippen LogP) is 3.82. The maximum atomic E-state index is 12.0. The van der Waals surface area contributed by atoms with E-state index in [-0.39, 0.29) is 12.1 Å². The van der Waals surface area contributed by atoms with Crippen molar-refractivity contribution in [2.24, 2.45) is 0 Å². The van der Waals surface area contributed by atoms with Gasteiger partial charge in [0.1, 0.15) is 0 Å². The van der Waals surface area contributed by atoms with Crippen molar-refractivity contribution in [3.05, 3.63) is 35.3 Å². The van der Waals surface area contributed by atoms with Crippen LogP contribution < -0.4 is 20.1 Å². The van der Waals surface area contributed by atoms with Crippen LogP contribution in [0.4, 0.5) is 9.93 Å². The summed E-state index contributed by atoms with van der Waals surface area (Å²) in [6, 6.07) is 5.20. The Labute approximate surface area is 139 Å². The van der Waals surface area contributed by atoms with E-state index in [1.54, 1.807) is 11.6 Å². The number of ether oxygens (including phenoxy) is 2. The smallest absolute Gasteiger partial charge is 0.321 e. The van der Waals surface area contributed by atoms with Crippen molar-refractivity contribution in [1.29, 1.82) is 0 Å². The topological polar surface area (TPSA) is 72.5 Å². The second-order valence-corrected chi connectivity index (χ2v) is 5.62. The number of amides is 2. The van der Waals surface area contributed by atoms with Crippen molar-refractivity contribution in [3.63, 3.8) is 0 Å². The van der Waals surface area contributed by atoms with Gasteiger partial charge >= 0.3 is 6.03 Å². The van der Waals surface area contributed by atoms with Crippen molar-refractivity contribution in [2.75, 3.05) is 18.5 Å². The molecule has 0 aliphatic rings. The summed E-state index contributed by atoms with van der Waals surface area (Å²) in [4.78, 5) is 16.0. The molecule has 2 rings (SSSR count). The maximum Gasteiger partial charge on any atom is 0.321 e. The second-order valence-electron chi connectivity index (χ2n) is 4.73. The van der Waals surface area contributed by atoms with Crippen LogP contribution in [0, 0.1) is 0 Å². The number of hydrogen-bond donors (Lipinski definition) is 2. The van der Waals surface area contributed by atoms with Gasteiger partial charge in [-0.2, -0.15) is 0 Å². The minimum absolute atomic E-state index is 0.176. The molecule has 2 amide bonds. The first-order valence-corrected chi connectivity index (χ1v) is 8.38. The molecule has 2 N–H and O–H groups in total. The van der Waals surface area contributed by atoms with Crippen molar-refractivity contribution >= 4 is 22.5 Å². The van der Waals surface area contributed by atoms with Gasteiger partial charge in [0, 0.05) is 11.6 Å². The van der Waals surface area contributed by atoms with Crippen LogP contribution >= 0.6 is 11.3 Å². The lowest BCUT2D eigenvalue weighted by molar-refractivity contribution is 0.249. The lowest BCUT2D eigenvalue weighted by Gasteiger charge is -2.17. The van der Waals surface area contributed by atoms with E-state index in [4.69, 9.17) is 9.47 Å². The number of nitrogens with one attached hydrogen (secondary N) is 2. The molecule has 0 aliphatic heterocycles. The number of hydrogen-bond acceptors (Lipinski definition) is 5. The van der Waals surface area contributed by atoms with Gasteiger partial charge in [0.2, 0.25) is 0 Å². The average molecular weight is 335 g/mol. The van der Waals surface area contributed by atoms with Gasteiger partial charge in [0.15, 0.2) is 16.6 Å². The normalized spacial score (nSPS) is 11.6. The number of urea groups is 1. The first kappa shape index (κ1) is 17.1. The summed E-state index contributed by atoms with van der Waals surface area (Å²) in [7, 11) is 0. The van der Waals surface area contributed by atoms with Gasteiger partial charge in [0.25, 0.3) is 0 Å². The highest BCUT2D eigenvalue weighted by molar-refractivity contribution is 7.13. The van der Waals surface area contributed by atoms with Crippen LogP contribution in [0.1, 0.15) is 32.4 Å². The van der Waals surface area contributed by atoms with Crippen molar-refractivity contribution in [2.45, 2.75) is 26.8 Å². The van der Waals surface area contributed by atoms with Gasteiger partial charge in [-0.3, -0.25) is 5.32 Å². The molecule has 1 aromatic carbocycles. The molecule has 6 nitrogen and oxygen atoms in total. The van der Waals surface area contributed by atoms with Crippen molar-refractivity contribution in [3.8, 4) is 11.5 Å². The van der Waals surface area contributed by atoms with E-state index >= 15 is 0 Å². The molecule has 1 heterocycles. The van der Waals surface area contributed by atoms with E-state index in [9.17, 15) is 4.79 Å². The van der Waals surface area contributed by atoms with Gasteiger partial charge in [-0.1, -0.05) is 6.07 Å². The molecular weight excluding hydrogens is 314 g/mol. The standard InChI is InChI=1S/C16H21N3O3S/c1-4-21-13-7-6-12(10-14(13)22-5-2)11(3)18-15(20)19-16-17-8-9-23-16/h6-11H,4-5H2,1-3H3,(H2,17,18,19,20)/t11-/m1/s1. The Morgan fingerprint density at radius 3 is 2.65 bits per heavy atom. The zero-order chi connectivity index (χ0) is 16.7. The van der Waals surface area contributed by atoms with Gasteiger partial charge in [-0.15, -0.1) is 11.3 Å². The maximum absolute atomic E-state index is 12.0. The van der Waals surface area contributed by atoms with Gasteiger partial charge < -0.3 is 14.8 Å². The van der Waals surface area contributed by atoms with E-state index in [0.717, 1.165) is 5.56 Å². The summed E-state index contributed by atoms with van der Waals surface area (Å²) in [5.74, 6) is 1.39. The number of thiazole rings is 1. The molecule has 0 spiro atoms. The number of benzene rings is 1. The Bertz CT molecular complexity index is 632. The summed E-state index contributed by atoms with van der Waals surface area (Å²) in [6.45, 7) is 6.88. The number of rotatable bonds is 7. The number of aromatic nitrogens is 1. The predicted molar refractivity (Wildman–Crippen MR) is 91.5 cm³/mol. The van der Waals surface area contributed by atoms with E-state index in [0.29, 0.717) is 29.8 Å². The monoisotopic (exact) mass is 335 g/mol. The zero-order valence-electron chi connectivity index (χ0n) is 13.5. The molecular formula is C16H21N3O3S. The minimum atomic E-state index is -0.292. The summed E-state index contributed by atoms with van der Waals surface area (Å²) in [5, 5.41) is 7.94. The van der Waals surface area contributed by atoms with Gasteiger partial charge in [-0.25, -0.2) is 9.78 Å². The molecule has 1 atom stereocenters. The fraction of sp³-hybridized carbons (Fsp3) is 0.375. The van der Waals surface area contributed by atoms with Crippen LogP contribution in [-0.4, -0.2) is 24.2 Å². The fourth-order valence-corrected chi connectivity index (χ4v) is 2.56. The number of carbonyl (C=O) groups excluding carboxylic acids is 1. The summed E-state index contributed by atoms with van der Waals surface area (Å²) >= 11 is 1.37. The van der Waals surface area contributed by atoms with E-state index in [1.807, 2.05) is 39.0 Å². The Morgan fingerprint density at radius 1 is 1.26 bits per heavy atom. The first-order chi connectivity index (χ1) is 11.1. The zero-order valence-corrected chi connectivity index (χ0v) is 14.3. The molecule has 2 aromatic rings. The van der Waals surface area contributed by atoms with Crippen LogP contribution in [-0.2, 0) is 0 Å². The molecule has 0 aliphatic carbocycles. The van der Waals surface area contributed by atoms with E-state index in [1.165, 1.54) is 11.3 Å². The van der Waals surface area contributed by atoms with Crippen LogP contribution in [0.3, 0.4) is 0 Å². The van der Waals surface area contributed by atoms with Crippen LogP contribution in [0.5, 0.6) is 11.5 Å². The quantitative estimate of drug-likeness (QED) is 0.807. The highest BCUT2D eigenvalue weighted by Crippen LogP contribution is 2.30. The van der Waals surface area contributed by atoms with Crippen LogP contribution in [0.15, 0.2) is 29.8 Å². The van der Waals surface area contributed by atoms with Gasteiger partial charge in [0.05, 0.1) is 19.3 Å².